The number of hydrogen-bond acceptors (Lipinski definition) is 7. The molecule has 0 spiro atoms. The highest BCUT2D eigenvalue weighted by molar-refractivity contribution is 7.86. The molecule has 2 rings (SSSR count). The minimum absolute atomic E-state index is 0.116. The lowest BCUT2D eigenvalue weighted by atomic mass is 10.2. The Labute approximate surface area is 107 Å². The quantitative estimate of drug-likeness (QED) is 0.464. The van der Waals surface area contributed by atoms with Gasteiger partial charge in [0.1, 0.15) is 12.0 Å². The molecule has 1 aromatic carbocycles. The van der Waals surface area contributed by atoms with Crippen LogP contribution in [0.3, 0.4) is 0 Å². The Kier molecular flexibility index (Phi) is 3.47. The fourth-order valence-electron chi connectivity index (χ4n) is 1.31. The van der Waals surface area contributed by atoms with Gasteiger partial charge in [-0.25, -0.2) is 0 Å². The van der Waals surface area contributed by atoms with Crippen molar-refractivity contribution >= 4 is 15.8 Å². The van der Waals surface area contributed by atoms with Gasteiger partial charge in [-0.15, -0.1) is 0 Å². The van der Waals surface area contributed by atoms with Crippen molar-refractivity contribution < 1.29 is 21.9 Å². The molecule has 0 aliphatic heterocycles. The number of benzene rings is 1. The smallest absolute Gasteiger partial charge is 0.409 e. The number of rotatable bonds is 5. The van der Waals surface area contributed by atoms with Crippen molar-refractivity contribution in [3.63, 3.8) is 0 Å². The monoisotopic (exact) mass is 284 g/mol. The Balaban J connectivity index is 2.09. The number of nitro benzene ring substituents is 1. The van der Waals surface area contributed by atoms with Gasteiger partial charge in [0.25, 0.3) is 5.69 Å². The molecule has 1 aromatic heterocycles. The first-order valence-corrected chi connectivity index (χ1v) is 6.59. The molecule has 2 aromatic rings. The summed E-state index contributed by atoms with van der Waals surface area (Å²) in [4.78, 5) is 13.4. The van der Waals surface area contributed by atoms with Gasteiger partial charge in [0.05, 0.1) is 11.1 Å². The van der Waals surface area contributed by atoms with E-state index in [0.29, 0.717) is 5.56 Å². The van der Waals surface area contributed by atoms with Crippen molar-refractivity contribution in [2.24, 2.45) is 0 Å². The zero-order valence-electron chi connectivity index (χ0n) is 9.42. The second-order valence-corrected chi connectivity index (χ2v) is 5.08. The van der Waals surface area contributed by atoms with Crippen LogP contribution in [0.15, 0.2) is 41.1 Å². The van der Waals surface area contributed by atoms with Crippen LogP contribution in [-0.4, -0.2) is 18.3 Å². The number of non-ortho nitro benzene ring substituents is 1. The molecule has 0 amide bonds. The highest BCUT2D eigenvalue weighted by Crippen LogP contribution is 2.16. The zero-order valence-corrected chi connectivity index (χ0v) is 10.2. The molecule has 19 heavy (non-hydrogen) atoms. The molecular weight excluding hydrogens is 276 g/mol. The van der Waals surface area contributed by atoms with Crippen molar-refractivity contribution in [1.82, 2.24) is 4.98 Å². The lowest BCUT2D eigenvalue weighted by Crippen LogP contribution is -2.12. The van der Waals surface area contributed by atoms with E-state index in [4.69, 9.17) is 0 Å². The summed E-state index contributed by atoms with van der Waals surface area (Å²) in [6.45, 7) is 0. The maximum Gasteiger partial charge on any atom is 0.409 e. The van der Waals surface area contributed by atoms with Gasteiger partial charge in [0.15, 0.2) is 0 Å². The number of nitro groups is 1. The van der Waals surface area contributed by atoms with Crippen molar-refractivity contribution in [3.8, 4) is 6.08 Å². The van der Waals surface area contributed by atoms with Crippen LogP contribution in [0.4, 0.5) is 5.69 Å². The molecule has 8 nitrogen and oxygen atoms in total. The van der Waals surface area contributed by atoms with Gasteiger partial charge in [-0.05, 0) is 5.56 Å². The fourth-order valence-corrected chi connectivity index (χ4v) is 2.27. The van der Waals surface area contributed by atoms with Crippen LogP contribution in [0, 0.1) is 10.1 Å². The SMILES string of the molecule is O=[N+]([O-])c1ccc(CS(=O)(=O)Oc2ncco2)cc1. The molecular formula is C10H8N2O6S. The minimum Gasteiger partial charge on any atom is -0.417 e. The molecule has 0 saturated carbocycles. The van der Waals surface area contributed by atoms with Gasteiger partial charge < -0.3 is 8.60 Å². The van der Waals surface area contributed by atoms with Crippen LogP contribution in [0.1, 0.15) is 5.56 Å². The Morgan fingerprint density at radius 3 is 2.53 bits per heavy atom. The number of aromatic nitrogens is 1. The summed E-state index contributed by atoms with van der Waals surface area (Å²) in [6.07, 6.45) is 2.05. The van der Waals surface area contributed by atoms with E-state index < -0.39 is 20.8 Å². The molecule has 0 N–H and O–H groups in total. The number of hydrogen-bond donors (Lipinski definition) is 0. The number of nitrogens with zero attached hydrogens (tertiary/aromatic N) is 2. The maximum absolute atomic E-state index is 11.6. The van der Waals surface area contributed by atoms with Crippen LogP contribution in [0.5, 0.6) is 6.08 Å². The van der Waals surface area contributed by atoms with Crippen LogP contribution in [0.2, 0.25) is 0 Å². The van der Waals surface area contributed by atoms with Gasteiger partial charge in [-0.2, -0.15) is 13.4 Å². The first-order chi connectivity index (χ1) is 8.96. The first kappa shape index (κ1) is 13.0. The summed E-state index contributed by atoms with van der Waals surface area (Å²) in [5, 5.41) is 10.5. The summed E-state index contributed by atoms with van der Waals surface area (Å²) in [7, 11) is -3.92. The predicted molar refractivity (Wildman–Crippen MR) is 62.9 cm³/mol. The van der Waals surface area contributed by atoms with Crippen molar-refractivity contribution in [3.05, 3.63) is 52.4 Å². The second-order valence-electron chi connectivity index (χ2n) is 3.51. The Morgan fingerprint density at radius 1 is 1.32 bits per heavy atom. The topological polar surface area (TPSA) is 113 Å². The van der Waals surface area contributed by atoms with Gasteiger partial charge in [0.2, 0.25) is 0 Å². The third-order valence-electron chi connectivity index (χ3n) is 2.10. The largest absolute Gasteiger partial charge is 0.417 e. The Hall–Kier alpha value is -2.42. The zero-order chi connectivity index (χ0) is 13.9. The van der Waals surface area contributed by atoms with E-state index in [1.54, 1.807) is 0 Å². The molecule has 0 aliphatic carbocycles. The standard InChI is InChI=1S/C10H8N2O6S/c13-12(14)9-3-1-8(2-4-9)7-19(15,16)18-10-11-5-6-17-10/h1-6H,7H2. The van der Waals surface area contributed by atoms with Crippen molar-refractivity contribution in [2.75, 3.05) is 0 Å². The Morgan fingerprint density at radius 2 is 2.00 bits per heavy atom. The molecule has 0 aliphatic rings. The van der Waals surface area contributed by atoms with Crippen LogP contribution in [-0.2, 0) is 15.9 Å². The molecule has 9 heteroatoms. The molecule has 0 radical (unpaired) electrons. The molecule has 0 bridgehead atoms. The normalized spacial score (nSPS) is 11.2. The third-order valence-corrected chi connectivity index (χ3v) is 3.18. The highest BCUT2D eigenvalue weighted by Gasteiger charge is 2.17. The van der Waals surface area contributed by atoms with E-state index in [9.17, 15) is 18.5 Å². The molecule has 0 unspecified atom stereocenters. The minimum atomic E-state index is -3.92. The first-order valence-electron chi connectivity index (χ1n) is 5.01. The average molecular weight is 284 g/mol. The summed E-state index contributed by atoms with van der Waals surface area (Å²) in [6, 6.07) is 5.12. The molecule has 0 atom stereocenters. The van der Waals surface area contributed by atoms with Gasteiger partial charge in [0, 0.05) is 12.1 Å². The van der Waals surface area contributed by atoms with Crippen molar-refractivity contribution in [1.29, 1.82) is 0 Å². The van der Waals surface area contributed by atoms with Gasteiger partial charge >= 0.3 is 16.2 Å². The van der Waals surface area contributed by atoms with Crippen LogP contribution >= 0.6 is 0 Å². The molecule has 1 heterocycles. The summed E-state index contributed by atoms with van der Waals surface area (Å²) in [5.41, 5.74) is 0.243. The van der Waals surface area contributed by atoms with Crippen molar-refractivity contribution in [2.45, 2.75) is 5.75 Å². The van der Waals surface area contributed by atoms with E-state index in [-0.39, 0.29) is 11.8 Å². The average Bonchev–Trinajstić information content (AvgIpc) is 2.81. The molecule has 100 valence electrons. The summed E-state index contributed by atoms with van der Waals surface area (Å²) < 4.78 is 32.5. The van der Waals surface area contributed by atoms with E-state index in [0.717, 1.165) is 0 Å². The predicted octanol–water partition coefficient (Wildman–Crippen LogP) is 1.49. The molecule has 0 saturated heterocycles. The van der Waals surface area contributed by atoms with Gasteiger partial charge in [-0.3, -0.25) is 10.1 Å². The van der Waals surface area contributed by atoms with Crippen LogP contribution in [0.25, 0.3) is 0 Å². The fraction of sp³-hybridized carbons (Fsp3) is 0.100. The lowest BCUT2D eigenvalue weighted by Gasteiger charge is -2.03. The van der Waals surface area contributed by atoms with E-state index >= 15 is 0 Å². The summed E-state index contributed by atoms with van der Waals surface area (Å²) in [5.74, 6) is -0.437. The summed E-state index contributed by atoms with van der Waals surface area (Å²) >= 11 is 0. The second kappa shape index (κ2) is 5.06. The van der Waals surface area contributed by atoms with E-state index in [1.807, 2.05) is 0 Å². The Bertz CT molecular complexity index is 663. The third kappa shape index (κ3) is 3.52. The van der Waals surface area contributed by atoms with E-state index in [2.05, 4.69) is 13.6 Å². The maximum atomic E-state index is 11.6. The number of oxazole rings is 1. The highest BCUT2D eigenvalue weighted by atomic mass is 32.2. The van der Waals surface area contributed by atoms with E-state index in [1.165, 1.54) is 36.7 Å². The lowest BCUT2D eigenvalue weighted by molar-refractivity contribution is -0.384. The van der Waals surface area contributed by atoms with Gasteiger partial charge in [-0.1, -0.05) is 12.1 Å². The molecule has 0 fully saturated rings. The van der Waals surface area contributed by atoms with Crippen LogP contribution < -0.4 is 4.18 Å².